The molecule has 2 aliphatic rings. The van der Waals surface area contributed by atoms with Gasteiger partial charge in [-0.3, -0.25) is 9.59 Å². The molecule has 1 amide bonds. The summed E-state index contributed by atoms with van der Waals surface area (Å²) >= 11 is 0. The lowest BCUT2D eigenvalue weighted by Crippen LogP contribution is -2.50. The van der Waals surface area contributed by atoms with E-state index in [0.29, 0.717) is 30.9 Å². The molecule has 5 nitrogen and oxygen atoms in total. The Balaban J connectivity index is 0.00000288. The van der Waals surface area contributed by atoms with E-state index in [0.717, 1.165) is 25.7 Å². The summed E-state index contributed by atoms with van der Waals surface area (Å²) in [5.41, 5.74) is 6.32. The number of nitrogens with zero attached hydrogens (tertiary/aromatic N) is 1. The van der Waals surface area contributed by atoms with Crippen LogP contribution in [0.2, 0.25) is 0 Å². The van der Waals surface area contributed by atoms with Gasteiger partial charge in [0.05, 0.1) is 6.61 Å². The highest BCUT2D eigenvalue weighted by atomic mass is 35.5. The molecule has 6 heteroatoms. The van der Waals surface area contributed by atoms with Crippen molar-refractivity contribution in [2.24, 2.45) is 29.4 Å². The number of carbonyl (C=O) groups is 2. The van der Waals surface area contributed by atoms with Gasteiger partial charge >= 0.3 is 5.97 Å². The number of amides is 1. The molecule has 0 aromatic rings. The number of hydrogen-bond acceptors (Lipinski definition) is 4. The quantitative estimate of drug-likeness (QED) is 0.739. The summed E-state index contributed by atoms with van der Waals surface area (Å²) < 4.78 is 5.03. The Kier molecular flexibility index (Phi) is 8.51. The molecule has 0 radical (unpaired) electrons. The van der Waals surface area contributed by atoms with E-state index in [4.69, 9.17) is 10.5 Å². The Hall–Kier alpha value is -0.810. The van der Waals surface area contributed by atoms with Gasteiger partial charge in [0.15, 0.2) is 0 Å². The zero-order valence-corrected chi connectivity index (χ0v) is 16.0. The molecule has 2 unspecified atom stereocenters. The summed E-state index contributed by atoms with van der Waals surface area (Å²) in [6.45, 7) is 6.95. The molecule has 140 valence electrons. The van der Waals surface area contributed by atoms with Crippen LogP contribution in [0, 0.1) is 23.7 Å². The molecule has 2 fully saturated rings. The van der Waals surface area contributed by atoms with Crippen molar-refractivity contribution in [1.29, 1.82) is 0 Å². The molecule has 24 heavy (non-hydrogen) atoms. The second kappa shape index (κ2) is 9.62. The molecule has 2 atom stereocenters. The molecule has 2 N–H and O–H groups in total. The fourth-order valence-corrected chi connectivity index (χ4v) is 4.28. The van der Waals surface area contributed by atoms with E-state index in [-0.39, 0.29) is 42.8 Å². The highest BCUT2D eigenvalue weighted by Crippen LogP contribution is 2.42. The third-order valence-corrected chi connectivity index (χ3v) is 5.28. The van der Waals surface area contributed by atoms with E-state index >= 15 is 0 Å². The van der Waals surface area contributed by atoms with Gasteiger partial charge < -0.3 is 15.4 Å². The molecule has 0 aliphatic heterocycles. The van der Waals surface area contributed by atoms with Crippen LogP contribution in [0.25, 0.3) is 0 Å². The Bertz CT molecular complexity index is 416. The van der Waals surface area contributed by atoms with E-state index < -0.39 is 0 Å². The fraction of sp³-hybridized carbons (Fsp3) is 0.889. The first-order valence-electron chi connectivity index (χ1n) is 9.12. The third-order valence-electron chi connectivity index (χ3n) is 5.28. The molecule has 0 aromatic heterocycles. The van der Waals surface area contributed by atoms with Gasteiger partial charge in [-0.1, -0.05) is 20.3 Å². The Morgan fingerprint density at radius 3 is 2.29 bits per heavy atom. The molecular formula is C18H33ClN2O3. The summed E-state index contributed by atoms with van der Waals surface area (Å²) in [5.74, 6) is 1.11. The summed E-state index contributed by atoms with van der Waals surface area (Å²) in [6, 6.07) is 0.261. The van der Waals surface area contributed by atoms with Gasteiger partial charge in [0, 0.05) is 18.5 Å². The summed E-state index contributed by atoms with van der Waals surface area (Å²) in [7, 11) is 0. The van der Waals surface area contributed by atoms with E-state index in [1.54, 1.807) is 11.8 Å². The monoisotopic (exact) mass is 360 g/mol. The normalized spacial score (nSPS) is 28.9. The zero-order valence-electron chi connectivity index (χ0n) is 15.2. The highest BCUT2D eigenvalue weighted by Gasteiger charge is 2.41. The second-order valence-electron chi connectivity index (χ2n) is 7.61. The van der Waals surface area contributed by atoms with Gasteiger partial charge in [-0.25, -0.2) is 0 Å². The predicted octanol–water partition coefficient (Wildman–Crippen LogP) is 2.61. The lowest BCUT2D eigenvalue weighted by atomic mass is 9.65. The highest BCUT2D eigenvalue weighted by molar-refractivity contribution is 5.85. The van der Waals surface area contributed by atoms with Crippen LogP contribution in [0.3, 0.4) is 0 Å². The maximum absolute atomic E-state index is 13.0. The van der Waals surface area contributed by atoms with Crippen molar-refractivity contribution in [1.82, 2.24) is 4.90 Å². The predicted molar refractivity (Wildman–Crippen MR) is 96.8 cm³/mol. The van der Waals surface area contributed by atoms with Crippen molar-refractivity contribution in [3.63, 3.8) is 0 Å². The van der Waals surface area contributed by atoms with Crippen molar-refractivity contribution in [2.75, 3.05) is 19.7 Å². The number of rotatable bonds is 6. The first-order valence-corrected chi connectivity index (χ1v) is 9.12. The molecule has 0 aromatic carbocycles. The first-order chi connectivity index (χ1) is 10.9. The number of nitrogens with two attached hydrogens (primary N) is 1. The third kappa shape index (κ3) is 5.35. The van der Waals surface area contributed by atoms with Crippen LogP contribution in [0.4, 0.5) is 0 Å². The van der Waals surface area contributed by atoms with E-state index in [2.05, 4.69) is 13.8 Å². The summed E-state index contributed by atoms with van der Waals surface area (Å²) in [5, 5.41) is 0. The van der Waals surface area contributed by atoms with Gasteiger partial charge in [0.1, 0.15) is 6.54 Å². The van der Waals surface area contributed by atoms with Crippen molar-refractivity contribution in [3.05, 3.63) is 0 Å². The lowest BCUT2D eigenvalue weighted by molar-refractivity contribution is -0.151. The minimum absolute atomic E-state index is 0. The average molecular weight is 361 g/mol. The van der Waals surface area contributed by atoms with Gasteiger partial charge in [0.25, 0.3) is 0 Å². The van der Waals surface area contributed by atoms with Gasteiger partial charge in [-0.2, -0.15) is 0 Å². The number of carbonyl (C=O) groups excluding carboxylic acids is 2. The van der Waals surface area contributed by atoms with Crippen molar-refractivity contribution in [2.45, 2.75) is 58.9 Å². The number of fused-ring (bicyclic) bond motifs is 2. The molecule has 2 rings (SSSR count). The molecule has 2 saturated carbocycles. The SMILES string of the molecule is CCOC(=O)CN(CC(C)C)C(=O)C1CC2CCCC(C1)C2N.Cl. The number of ether oxygens (including phenoxy) is 1. The van der Waals surface area contributed by atoms with Crippen LogP contribution in [-0.4, -0.2) is 42.5 Å². The van der Waals surface area contributed by atoms with Crippen LogP contribution in [0.15, 0.2) is 0 Å². The second-order valence-corrected chi connectivity index (χ2v) is 7.61. The fourth-order valence-electron chi connectivity index (χ4n) is 4.28. The maximum atomic E-state index is 13.0. The average Bonchev–Trinajstić information content (AvgIpc) is 2.45. The molecule has 2 bridgehead atoms. The minimum atomic E-state index is -0.311. The Morgan fingerprint density at radius 2 is 1.79 bits per heavy atom. The number of esters is 1. The Morgan fingerprint density at radius 1 is 1.21 bits per heavy atom. The zero-order chi connectivity index (χ0) is 17.0. The number of hydrogen-bond donors (Lipinski definition) is 1. The molecular weight excluding hydrogens is 328 g/mol. The minimum Gasteiger partial charge on any atom is -0.465 e. The van der Waals surface area contributed by atoms with Crippen molar-refractivity contribution < 1.29 is 14.3 Å². The summed E-state index contributed by atoms with van der Waals surface area (Å²) in [4.78, 5) is 26.5. The van der Waals surface area contributed by atoms with Crippen molar-refractivity contribution in [3.8, 4) is 0 Å². The van der Waals surface area contributed by atoms with Gasteiger partial charge in [-0.05, 0) is 50.4 Å². The molecule has 2 aliphatic carbocycles. The van der Waals surface area contributed by atoms with E-state index in [1.807, 2.05) is 0 Å². The van der Waals surface area contributed by atoms with Crippen molar-refractivity contribution >= 4 is 24.3 Å². The van der Waals surface area contributed by atoms with Crippen LogP contribution < -0.4 is 5.73 Å². The molecule has 0 spiro atoms. The molecule has 0 heterocycles. The van der Waals surface area contributed by atoms with Crippen LogP contribution in [0.5, 0.6) is 0 Å². The summed E-state index contributed by atoms with van der Waals surface area (Å²) in [6.07, 6.45) is 5.29. The smallest absolute Gasteiger partial charge is 0.325 e. The standard InChI is InChI=1S/C18H32N2O3.ClH/c1-4-23-16(21)11-20(10-12(2)3)18(22)15-8-13-6-5-7-14(9-15)17(13)19;/h12-15,17H,4-11,19H2,1-3H3;1H. The maximum Gasteiger partial charge on any atom is 0.325 e. The van der Waals surface area contributed by atoms with Crippen LogP contribution >= 0.6 is 12.4 Å². The largest absolute Gasteiger partial charge is 0.465 e. The van der Waals surface area contributed by atoms with E-state index in [1.165, 1.54) is 6.42 Å². The van der Waals surface area contributed by atoms with Gasteiger partial charge in [0.2, 0.25) is 5.91 Å². The van der Waals surface area contributed by atoms with Crippen LogP contribution in [-0.2, 0) is 14.3 Å². The molecule has 0 saturated heterocycles. The number of halogens is 1. The topological polar surface area (TPSA) is 72.6 Å². The lowest BCUT2D eigenvalue weighted by Gasteiger charge is -2.44. The van der Waals surface area contributed by atoms with E-state index in [9.17, 15) is 9.59 Å². The van der Waals surface area contributed by atoms with Crippen LogP contribution in [0.1, 0.15) is 52.9 Å². The Labute approximate surface area is 152 Å². The first kappa shape index (κ1) is 21.2. The van der Waals surface area contributed by atoms with Gasteiger partial charge in [-0.15, -0.1) is 12.4 Å².